The first-order chi connectivity index (χ1) is 7.81. The monoisotopic (exact) mass is 231 g/mol. The summed E-state index contributed by atoms with van der Waals surface area (Å²) in [6.07, 6.45) is 3.49. The van der Waals surface area contributed by atoms with Gasteiger partial charge in [0.15, 0.2) is 5.78 Å². The molecule has 0 spiro atoms. The number of ketones is 1. The molecule has 2 rings (SSSR count). The van der Waals surface area contributed by atoms with Crippen molar-refractivity contribution in [3.8, 4) is 11.1 Å². The quantitative estimate of drug-likeness (QED) is 0.600. The minimum atomic E-state index is -0.0528. The maximum absolute atomic E-state index is 11.3. The van der Waals surface area contributed by atoms with Gasteiger partial charge in [0.1, 0.15) is 0 Å². The lowest BCUT2D eigenvalue weighted by atomic mass is 10.0. The zero-order valence-electron chi connectivity index (χ0n) is 8.56. The molecular formula is C13H10ClNO. The van der Waals surface area contributed by atoms with Crippen LogP contribution >= 0.6 is 11.6 Å². The van der Waals surface area contributed by atoms with Gasteiger partial charge in [0.2, 0.25) is 0 Å². The van der Waals surface area contributed by atoms with E-state index in [4.69, 9.17) is 11.6 Å². The molecule has 2 nitrogen and oxygen atoms in total. The topological polar surface area (TPSA) is 30.0 Å². The van der Waals surface area contributed by atoms with E-state index in [-0.39, 0.29) is 11.7 Å². The van der Waals surface area contributed by atoms with Crippen molar-refractivity contribution < 1.29 is 4.79 Å². The Morgan fingerprint density at radius 1 is 1.00 bits per heavy atom. The number of hydrogen-bond acceptors (Lipinski definition) is 2. The molecule has 1 heterocycles. The number of aromatic nitrogens is 1. The molecular weight excluding hydrogens is 222 g/mol. The normalized spacial score (nSPS) is 10.1. The van der Waals surface area contributed by atoms with Gasteiger partial charge in [0.25, 0.3) is 0 Å². The molecule has 2 aromatic rings. The maximum Gasteiger partial charge on any atom is 0.177 e. The fourth-order valence-electron chi connectivity index (χ4n) is 1.47. The van der Waals surface area contributed by atoms with Gasteiger partial charge < -0.3 is 0 Å². The zero-order chi connectivity index (χ0) is 11.4. The molecule has 0 aliphatic heterocycles. The predicted molar refractivity (Wildman–Crippen MR) is 64.7 cm³/mol. The summed E-state index contributed by atoms with van der Waals surface area (Å²) in [4.78, 5) is 15.3. The highest BCUT2D eigenvalue weighted by Crippen LogP contribution is 2.18. The van der Waals surface area contributed by atoms with E-state index in [2.05, 4.69) is 4.98 Å². The Morgan fingerprint density at radius 2 is 1.56 bits per heavy atom. The van der Waals surface area contributed by atoms with Crippen LogP contribution in [-0.2, 0) is 0 Å². The van der Waals surface area contributed by atoms with Gasteiger partial charge in [0.05, 0.1) is 5.88 Å². The van der Waals surface area contributed by atoms with Crippen LogP contribution in [0.4, 0.5) is 0 Å². The van der Waals surface area contributed by atoms with Gasteiger partial charge in [-0.05, 0) is 23.3 Å². The molecule has 0 bridgehead atoms. The number of benzene rings is 1. The van der Waals surface area contributed by atoms with Crippen molar-refractivity contribution in [1.82, 2.24) is 4.98 Å². The molecule has 0 atom stereocenters. The minimum absolute atomic E-state index is 0.0224. The molecule has 0 aliphatic rings. The summed E-state index contributed by atoms with van der Waals surface area (Å²) in [5.41, 5.74) is 2.79. The number of carbonyl (C=O) groups excluding carboxylic acids is 1. The molecule has 0 N–H and O–H groups in total. The Kier molecular flexibility index (Phi) is 3.32. The van der Waals surface area contributed by atoms with Gasteiger partial charge in [-0.3, -0.25) is 9.78 Å². The van der Waals surface area contributed by atoms with Crippen LogP contribution in [0.2, 0.25) is 0 Å². The summed E-state index contributed by atoms with van der Waals surface area (Å²) in [5.74, 6) is -0.0304. The van der Waals surface area contributed by atoms with Gasteiger partial charge in [0, 0.05) is 18.0 Å². The average Bonchev–Trinajstić information content (AvgIpc) is 2.39. The van der Waals surface area contributed by atoms with Crippen molar-refractivity contribution in [2.45, 2.75) is 0 Å². The number of pyridine rings is 1. The molecule has 0 aliphatic carbocycles. The summed E-state index contributed by atoms with van der Waals surface area (Å²) in [5, 5.41) is 0. The van der Waals surface area contributed by atoms with Crippen molar-refractivity contribution in [3.63, 3.8) is 0 Å². The van der Waals surface area contributed by atoms with Crippen molar-refractivity contribution >= 4 is 17.4 Å². The summed E-state index contributed by atoms with van der Waals surface area (Å²) in [6.45, 7) is 0. The second-order valence-electron chi connectivity index (χ2n) is 3.37. The van der Waals surface area contributed by atoms with Crippen molar-refractivity contribution in [2.24, 2.45) is 0 Å². The Hall–Kier alpha value is -1.67. The molecule has 0 saturated heterocycles. The number of nitrogens with zero attached hydrogens (tertiary/aromatic N) is 1. The number of alkyl halides is 1. The first-order valence-electron chi connectivity index (χ1n) is 4.91. The van der Waals surface area contributed by atoms with Gasteiger partial charge in [-0.15, -0.1) is 11.6 Å². The third-order valence-corrected chi connectivity index (χ3v) is 2.58. The van der Waals surface area contributed by atoms with Gasteiger partial charge >= 0.3 is 0 Å². The average molecular weight is 232 g/mol. The highest BCUT2D eigenvalue weighted by Gasteiger charge is 2.03. The summed E-state index contributed by atoms with van der Waals surface area (Å²) < 4.78 is 0. The van der Waals surface area contributed by atoms with Gasteiger partial charge in [-0.25, -0.2) is 0 Å². The lowest BCUT2D eigenvalue weighted by molar-refractivity contribution is 0.102. The largest absolute Gasteiger partial charge is 0.293 e. The van der Waals surface area contributed by atoms with E-state index >= 15 is 0 Å². The summed E-state index contributed by atoms with van der Waals surface area (Å²) >= 11 is 5.49. The first kappa shape index (κ1) is 10.8. The van der Waals surface area contributed by atoms with E-state index in [0.717, 1.165) is 11.1 Å². The molecule has 1 aromatic carbocycles. The molecule has 80 valence electrons. The van der Waals surface area contributed by atoms with E-state index in [0.29, 0.717) is 5.56 Å². The Labute approximate surface area is 98.9 Å². The number of rotatable bonds is 3. The standard InChI is InChI=1S/C13H10ClNO/c14-9-13(16)12-3-1-10(2-4-12)11-5-7-15-8-6-11/h1-8H,9H2. The van der Waals surface area contributed by atoms with Crippen LogP contribution in [-0.4, -0.2) is 16.6 Å². The Morgan fingerprint density at radius 3 is 2.12 bits per heavy atom. The Bertz CT molecular complexity index is 479. The van der Waals surface area contributed by atoms with Crippen LogP contribution in [0.1, 0.15) is 10.4 Å². The molecule has 0 radical (unpaired) electrons. The third kappa shape index (κ3) is 2.28. The Balaban J connectivity index is 2.30. The summed E-state index contributed by atoms with van der Waals surface area (Å²) in [7, 11) is 0. The second kappa shape index (κ2) is 4.90. The van der Waals surface area contributed by atoms with Crippen LogP contribution in [0.5, 0.6) is 0 Å². The molecule has 0 fully saturated rings. The number of Topliss-reactive ketones (excluding diaryl/α,β-unsaturated/α-hetero) is 1. The number of carbonyl (C=O) groups is 1. The zero-order valence-corrected chi connectivity index (χ0v) is 9.32. The van der Waals surface area contributed by atoms with Crippen LogP contribution in [0, 0.1) is 0 Å². The molecule has 1 aromatic heterocycles. The highest BCUT2D eigenvalue weighted by molar-refractivity contribution is 6.30. The minimum Gasteiger partial charge on any atom is -0.293 e. The van der Waals surface area contributed by atoms with E-state index in [1.54, 1.807) is 24.5 Å². The van der Waals surface area contributed by atoms with Gasteiger partial charge in [-0.2, -0.15) is 0 Å². The number of halogens is 1. The van der Waals surface area contributed by atoms with Crippen molar-refractivity contribution in [3.05, 3.63) is 54.4 Å². The molecule has 0 saturated carbocycles. The molecule has 0 amide bonds. The predicted octanol–water partition coefficient (Wildman–Crippen LogP) is 3.17. The summed E-state index contributed by atoms with van der Waals surface area (Å²) in [6, 6.07) is 11.3. The lowest BCUT2D eigenvalue weighted by Gasteiger charge is -2.02. The fraction of sp³-hybridized carbons (Fsp3) is 0.0769. The van der Waals surface area contributed by atoms with E-state index in [1.807, 2.05) is 24.3 Å². The first-order valence-corrected chi connectivity index (χ1v) is 5.44. The second-order valence-corrected chi connectivity index (χ2v) is 3.64. The molecule has 16 heavy (non-hydrogen) atoms. The van der Waals surface area contributed by atoms with Gasteiger partial charge in [-0.1, -0.05) is 24.3 Å². The third-order valence-electron chi connectivity index (χ3n) is 2.34. The van der Waals surface area contributed by atoms with Crippen molar-refractivity contribution in [1.29, 1.82) is 0 Å². The fourth-order valence-corrected chi connectivity index (χ4v) is 1.62. The van der Waals surface area contributed by atoms with E-state index in [9.17, 15) is 4.79 Å². The SMILES string of the molecule is O=C(CCl)c1ccc(-c2ccncc2)cc1. The van der Waals surface area contributed by atoms with Crippen LogP contribution in [0.25, 0.3) is 11.1 Å². The van der Waals surface area contributed by atoms with Crippen LogP contribution in [0.15, 0.2) is 48.8 Å². The van der Waals surface area contributed by atoms with Crippen molar-refractivity contribution in [2.75, 3.05) is 5.88 Å². The van der Waals surface area contributed by atoms with E-state index in [1.165, 1.54) is 0 Å². The number of hydrogen-bond donors (Lipinski definition) is 0. The van der Waals surface area contributed by atoms with Crippen LogP contribution in [0.3, 0.4) is 0 Å². The lowest BCUT2D eigenvalue weighted by Crippen LogP contribution is -1.99. The highest BCUT2D eigenvalue weighted by atomic mass is 35.5. The maximum atomic E-state index is 11.3. The smallest absolute Gasteiger partial charge is 0.177 e. The molecule has 3 heteroatoms. The molecule has 0 unspecified atom stereocenters. The van der Waals surface area contributed by atoms with E-state index < -0.39 is 0 Å². The van der Waals surface area contributed by atoms with Crippen LogP contribution < -0.4 is 0 Å².